The molecule has 0 aromatic carbocycles. The monoisotopic (exact) mass is 255 g/mol. The number of aryl methyl sites for hydroxylation is 2. The molecule has 0 atom stereocenters. The smallest absolute Gasteiger partial charge is 0.141 e. The molecule has 3 aromatic heterocycles. The second kappa shape index (κ2) is 4.24. The number of aromatic nitrogens is 5. The Balaban J connectivity index is 2.10. The molecule has 0 saturated carbocycles. The van der Waals surface area contributed by atoms with Gasteiger partial charge in [0.2, 0.25) is 0 Å². The molecule has 6 nitrogen and oxygen atoms in total. The summed E-state index contributed by atoms with van der Waals surface area (Å²) in [6.07, 6.45) is 8.63. The van der Waals surface area contributed by atoms with Gasteiger partial charge in [-0.15, -0.1) is 0 Å². The summed E-state index contributed by atoms with van der Waals surface area (Å²) in [5.41, 5.74) is 3.24. The first-order valence-corrected chi connectivity index (χ1v) is 5.80. The molecule has 0 radical (unpaired) electrons. The largest absolute Gasteiger partial charge is 0.506 e. The predicted molar refractivity (Wildman–Crippen MR) is 70.3 cm³/mol. The molecule has 0 aliphatic rings. The van der Waals surface area contributed by atoms with Gasteiger partial charge in [-0.25, -0.2) is 0 Å². The maximum atomic E-state index is 9.93. The van der Waals surface area contributed by atoms with Gasteiger partial charge in [-0.3, -0.25) is 14.3 Å². The summed E-state index contributed by atoms with van der Waals surface area (Å²) >= 11 is 0. The molecule has 0 fully saturated rings. The third-order valence-corrected chi connectivity index (χ3v) is 2.90. The Morgan fingerprint density at radius 3 is 2.16 bits per heavy atom. The van der Waals surface area contributed by atoms with Crippen LogP contribution in [0.2, 0.25) is 0 Å². The van der Waals surface area contributed by atoms with Crippen molar-refractivity contribution in [3.8, 4) is 28.1 Å². The minimum absolute atomic E-state index is 0.139. The quantitative estimate of drug-likeness (QED) is 0.755. The Morgan fingerprint density at radius 2 is 1.58 bits per heavy atom. The van der Waals surface area contributed by atoms with Gasteiger partial charge in [0.1, 0.15) is 5.75 Å². The van der Waals surface area contributed by atoms with Gasteiger partial charge in [0.15, 0.2) is 0 Å². The van der Waals surface area contributed by atoms with Gasteiger partial charge in [-0.2, -0.15) is 10.2 Å². The standard InChI is InChI=1S/C13H13N5O/c1-17-7-9(4-15-17)11-3-12(14-6-13(11)19)10-5-16-18(2)8-10/h3-8,19H,1-2H3. The zero-order chi connectivity index (χ0) is 13.4. The van der Waals surface area contributed by atoms with Crippen LogP contribution in [0.3, 0.4) is 0 Å². The fraction of sp³-hybridized carbons (Fsp3) is 0.154. The summed E-state index contributed by atoms with van der Waals surface area (Å²) in [4.78, 5) is 4.22. The van der Waals surface area contributed by atoms with Crippen molar-refractivity contribution in [3.05, 3.63) is 37.1 Å². The lowest BCUT2D eigenvalue weighted by Gasteiger charge is -2.03. The van der Waals surface area contributed by atoms with E-state index in [0.29, 0.717) is 5.56 Å². The van der Waals surface area contributed by atoms with Crippen LogP contribution >= 0.6 is 0 Å². The Hall–Kier alpha value is -2.63. The van der Waals surface area contributed by atoms with Crippen molar-refractivity contribution in [2.24, 2.45) is 14.1 Å². The molecular weight excluding hydrogens is 242 g/mol. The Labute approximate surface area is 110 Å². The number of nitrogens with zero attached hydrogens (tertiary/aromatic N) is 5. The first-order chi connectivity index (χ1) is 9.13. The lowest BCUT2D eigenvalue weighted by atomic mass is 10.1. The van der Waals surface area contributed by atoms with Crippen LogP contribution in [0.15, 0.2) is 37.1 Å². The van der Waals surface area contributed by atoms with Crippen LogP contribution < -0.4 is 0 Å². The lowest BCUT2D eigenvalue weighted by Crippen LogP contribution is -1.86. The maximum Gasteiger partial charge on any atom is 0.141 e. The fourth-order valence-electron chi connectivity index (χ4n) is 1.95. The molecule has 6 heteroatoms. The fourth-order valence-corrected chi connectivity index (χ4v) is 1.95. The number of aromatic hydroxyl groups is 1. The first kappa shape index (κ1) is 11.5. The molecule has 0 aliphatic heterocycles. The van der Waals surface area contributed by atoms with Crippen LogP contribution in [0.4, 0.5) is 0 Å². The van der Waals surface area contributed by atoms with Crippen LogP contribution in [0.25, 0.3) is 22.4 Å². The molecule has 0 amide bonds. The van der Waals surface area contributed by atoms with Crippen LogP contribution in [-0.4, -0.2) is 29.7 Å². The average Bonchev–Trinajstić information content (AvgIpc) is 2.99. The van der Waals surface area contributed by atoms with Crippen molar-refractivity contribution in [1.82, 2.24) is 24.5 Å². The summed E-state index contributed by atoms with van der Waals surface area (Å²) < 4.78 is 3.41. The van der Waals surface area contributed by atoms with Crippen molar-refractivity contribution in [2.45, 2.75) is 0 Å². The molecule has 3 aromatic rings. The summed E-state index contributed by atoms with van der Waals surface area (Å²) in [6.45, 7) is 0. The van der Waals surface area contributed by atoms with Gasteiger partial charge in [0.25, 0.3) is 0 Å². The average molecular weight is 255 g/mol. The summed E-state index contributed by atoms with van der Waals surface area (Å²) in [5.74, 6) is 0.139. The van der Waals surface area contributed by atoms with Crippen molar-refractivity contribution in [2.75, 3.05) is 0 Å². The van der Waals surface area contributed by atoms with Gasteiger partial charge in [0, 0.05) is 43.2 Å². The molecule has 0 spiro atoms. The summed E-state index contributed by atoms with van der Waals surface area (Å²) in [6, 6.07) is 1.84. The molecule has 3 heterocycles. The molecule has 0 unspecified atom stereocenters. The van der Waals surface area contributed by atoms with E-state index in [1.165, 1.54) is 6.20 Å². The highest BCUT2D eigenvalue weighted by molar-refractivity contribution is 5.73. The number of pyridine rings is 1. The highest BCUT2D eigenvalue weighted by Gasteiger charge is 2.10. The van der Waals surface area contributed by atoms with Crippen LogP contribution in [0, 0.1) is 0 Å². The van der Waals surface area contributed by atoms with Gasteiger partial charge in [0.05, 0.1) is 24.3 Å². The van der Waals surface area contributed by atoms with Crippen LogP contribution in [0.1, 0.15) is 0 Å². The number of rotatable bonds is 2. The van der Waals surface area contributed by atoms with Gasteiger partial charge in [-0.1, -0.05) is 0 Å². The first-order valence-electron chi connectivity index (χ1n) is 5.80. The normalized spacial score (nSPS) is 10.8. The highest BCUT2D eigenvalue weighted by atomic mass is 16.3. The van der Waals surface area contributed by atoms with Gasteiger partial charge < -0.3 is 5.11 Å². The second-order valence-electron chi connectivity index (χ2n) is 4.39. The lowest BCUT2D eigenvalue weighted by molar-refractivity contribution is 0.475. The van der Waals surface area contributed by atoms with E-state index in [1.54, 1.807) is 21.8 Å². The summed E-state index contributed by atoms with van der Waals surface area (Å²) in [7, 11) is 3.69. The molecule has 0 saturated heterocycles. The van der Waals surface area contributed by atoms with Crippen molar-refractivity contribution in [1.29, 1.82) is 0 Å². The maximum absolute atomic E-state index is 9.93. The molecule has 3 rings (SSSR count). The minimum Gasteiger partial charge on any atom is -0.506 e. The summed E-state index contributed by atoms with van der Waals surface area (Å²) in [5, 5.41) is 18.2. The second-order valence-corrected chi connectivity index (χ2v) is 4.39. The topological polar surface area (TPSA) is 68.8 Å². The molecule has 19 heavy (non-hydrogen) atoms. The Bertz CT molecular complexity index is 728. The molecule has 0 bridgehead atoms. The van der Waals surface area contributed by atoms with Crippen LogP contribution in [0.5, 0.6) is 5.75 Å². The van der Waals surface area contributed by atoms with Crippen LogP contribution in [-0.2, 0) is 14.1 Å². The van der Waals surface area contributed by atoms with E-state index in [0.717, 1.165) is 16.8 Å². The minimum atomic E-state index is 0.139. The van der Waals surface area contributed by atoms with Gasteiger partial charge >= 0.3 is 0 Å². The third-order valence-electron chi connectivity index (χ3n) is 2.90. The van der Waals surface area contributed by atoms with E-state index in [1.807, 2.05) is 32.6 Å². The number of hydrogen-bond donors (Lipinski definition) is 1. The van der Waals surface area contributed by atoms with Crippen molar-refractivity contribution < 1.29 is 5.11 Å². The molecular formula is C13H13N5O. The number of hydrogen-bond acceptors (Lipinski definition) is 4. The Morgan fingerprint density at radius 1 is 0.947 bits per heavy atom. The Kier molecular flexibility index (Phi) is 2.56. The van der Waals surface area contributed by atoms with Gasteiger partial charge in [-0.05, 0) is 6.07 Å². The van der Waals surface area contributed by atoms with E-state index in [2.05, 4.69) is 15.2 Å². The van der Waals surface area contributed by atoms with E-state index in [4.69, 9.17) is 0 Å². The molecule has 0 aliphatic carbocycles. The molecule has 1 N–H and O–H groups in total. The predicted octanol–water partition coefficient (Wildman–Crippen LogP) is 1.59. The van der Waals surface area contributed by atoms with Crippen molar-refractivity contribution in [3.63, 3.8) is 0 Å². The van der Waals surface area contributed by atoms with E-state index < -0.39 is 0 Å². The zero-order valence-electron chi connectivity index (χ0n) is 10.6. The van der Waals surface area contributed by atoms with E-state index >= 15 is 0 Å². The SMILES string of the molecule is Cn1cc(-c2cc(-c3cnn(C)c3)c(O)cn2)cn1. The van der Waals surface area contributed by atoms with E-state index in [-0.39, 0.29) is 5.75 Å². The highest BCUT2D eigenvalue weighted by Crippen LogP contribution is 2.31. The third kappa shape index (κ3) is 2.08. The molecule has 96 valence electrons. The zero-order valence-corrected chi connectivity index (χ0v) is 10.6. The van der Waals surface area contributed by atoms with Crippen molar-refractivity contribution >= 4 is 0 Å². The van der Waals surface area contributed by atoms with E-state index in [9.17, 15) is 5.11 Å².